The number of hydrogen-bond acceptors (Lipinski definition) is 5. The van der Waals surface area contributed by atoms with Crippen molar-refractivity contribution in [1.82, 2.24) is 19.7 Å². The summed E-state index contributed by atoms with van der Waals surface area (Å²) in [6.45, 7) is 7.06. The first kappa shape index (κ1) is 23.4. The molecule has 0 radical (unpaired) electrons. The molecule has 9 heteroatoms. The number of sulfone groups is 1. The summed E-state index contributed by atoms with van der Waals surface area (Å²) in [6, 6.07) is 7.59. The Hall–Kier alpha value is -2.81. The lowest BCUT2D eigenvalue weighted by molar-refractivity contribution is 0.0757. The fourth-order valence-corrected chi connectivity index (χ4v) is 6.23. The smallest absolute Gasteiger partial charge is 0.254 e. The summed E-state index contributed by atoms with van der Waals surface area (Å²) in [5.41, 5.74) is 2.07. The van der Waals surface area contributed by atoms with Gasteiger partial charge < -0.3 is 4.90 Å². The minimum atomic E-state index is -3.15. The van der Waals surface area contributed by atoms with Crippen LogP contribution in [0.15, 0.2) is 30.3 Å². The predicted octanol–water partition coefficient (Wildman–Crippen LogP) is 4.17. The number of benzene rings is 1. The lowest BCUT2D eigenvalue weighted by atomic mass is 10.0. The van der Waals surface area contributed by atoms with Crippen LogP contribution in [0, 0.1) is 12.7 Å². The maximum Gasteiger partial charge on any atom is 0.254 e. The first-order valence-electron chi connectivity index (χ1n) is 11.4. The highest BCUT2D eigenvalue weighted by Gasteiger charge is 2.33. The lowest BCUT2D eigenvalue weighted by Gasteiger charge is -2.22. The van der Waals surface area contributed by atoms with E-state index in [0.29, 0.717) is 47.5 Å². The Bertz CT molecular complexity index is 1300. The zero-order valence-corrected chi connectivity index (χ0v) is 20.0. The molecule has 1 amide bonds. The molecule has 2 aromatic heterocycles. The van der Waals surface area contributed by atoms with Gasteiger partial charge in [0.1, 0.15) is 5.82 Å². The van der Waals surface area contributed by atoms with E-state index < -0.39 is 15.7 Å². The minimum Gasteiger partial charge on any atom is -0.339 e. The van der Waals surface area contributed by atoms with E-state index in [1.54, 1.807) is 40.8 Å². The molecule has 3 heterocycles. The van der Waals surface area contributed by atoms with E-state index in [1.807, 2.05) is 13.8 Å². The number of aryl methyl sites for hydroxylation is 1. The van der Waals surface area contributed by atoms with Crippen LogP contribution in [0.2, 0.25) is 0 Å². The standard InChI is InChI=1S/C24H29FN4O3S/c1-4-11-28(12-5-2)24(30)19-14-21(18-8-6-7-9-20(18)25)26-23-22(19)16(3)27-29(23)17-10-13-33(31,32)15-17/h6-9,14,17H,4-5,10-13,15H2,1-3H3. The van der Waals surface area contributed by atoms with Gasteiger partial charge in [-0.2, -0.15) is 5.10 Å². The van der Waals surface area contributed by atoms with Crippen LogP contribution in [0.4, 0.5) is 4.39 Å². The van der Waals surface area contributed by atoms with Gasteiger partial charge in [0.2, 0.25) is 0 Å². The summed E-state index contributed by atoms with van der Waals surface area (Å²) in [7, 11) is -3.15. The number of aromatic nitrogens is 3. The maximum absolute atomic E-state index is 14.7. The average molecular weight is 473 g/mol. The van der Waals surface area contributed by atoms with Crippen molar-refractivity contribution in [2.75, 3.05) is 24.6 Å². The van der Waals surface area contributed by atoms with E-state index in [2.05, 4.69) is 5.10 Å². The number of pyridine rings is 1. The molecule has 0 spiro atoms. The van der Waals surface area contributed by atoms with Crippen LogP contribution >= 0.6 is 0 Å². The fraction of sp³-hybridized carbons (Fsp3) is 0.458. The van der Waals surface area contributed by atoms with Crippen LogP contribution in [-0.4, -0.2) is 58.6 Å². The highest BCUT2D eigenvalue weighted by atomic mass is 32.2. The molecule has 0 bridgehead atoms. The molecule has 1 saturated heterocycles. The Morgan fingerprint density at radius 2 is 1.91 bits per heavy atom. The van der Waals surface area contributed by atoms with Crippen molar-refractivity contribution in [3.8, 4) is 11.3 Å². The number of nitrogens with zero attached hydrogens (tertiary/aromatic N) is 4. The van der Waals surface area contributed by atoms with Gasteiger partial charge in [-0.25, -0.2) is 22.5 Å². The van der Waals surface area contributed by atoms with Gasteiger partial charge >= 0.3 is 0 Å². The van der Waals surface area contributed by atoms with Crippen LogP contribution in [0.5, 0.6) is 0 Å². The van der Waals surface area contributed by atoms with Gasteiger partial charge in [-0.1, -0.05) is 26.0 Å². The molecule has 0 aliphatic carbocycles. The third-order valence-corrected chi connectivity index (χ3v) is 7.80. The van der Waals surface area contributed by atoms with E-state index in [0.717, 1.165) is 12.8 Å². The zero-order chi connectivity index (χ0) is 23.8. The summed E-state index contributed by atoms with van der Waals surface area (Å²) < 4.78 is 40.6. The van der Waals surface area contributed by atoms with Gasteiger partial charge in [-0.15, -0.1) is 0 Å². The zero-order valence-electron chi connectivity index (χ0n) is 19.2. The molecular weight excluding hydrogens is 443 g/mol. The van der Waals surface area contributed by atoms with Crippen LogP contribution in [-0.2, 0) is 9.84 Å². The van der Waals surface area contributed by atoms with Crippen molar-refractivity contribution in [3.63, 3.8) is 0 Å². The van der Waals surface area contributed by atoms with Gasteiger partial charge in [-0.05, 0) is 44.4 Å². The monoisotopic (exact) mass is 472 g/mol. The molecule has 4 rings (SSSR count). The average Bonchev–Trinajstić information content (AvgIpc) is 3.31. The van der Waals surface area contributed by atoms with E-state index in [4.69, 9.17) is 4.98 Å². The molecule has 1 aliphatic heterocycles. The molecule has 1 aromatic carbocycles. The van der Waals surface area contributed by atoms with Crippen molar-refractivity contribution in [2.24, 2.45) is 0 Å². The van der Waals surface area contributed by atoms with Crippen LogP contribution < -0.4 is 0 Å². The van der Waals surface area contributed by atoms with E-state index in [9.17, 15) is 17.6 Å². The molecule has 1 unspecified atom stereocenters. The molecule has 0 N–H and O–H groups in total. The number of hydrogen-bond donors (Lipinski definition) is 0. The van der Waals surface area contributed by atoms with Crippen molar-refractivity contribution in [1.29, 1.82) is 0 Å². The normalized spacial score (nSPS) is 17.5. The Morgan fingerprint density at radius 1 is 1.21 bits per heavy atom. The number of fused-ring (bicyclic) bond motifs is 1. The number of carbonyl (C=O) groups is 1. The second-order valence-corrected chi connectivity index (χ2v) is 10.8. The van der Waals surface area contributed by atoms with Crippen LogP contribution in [0.25, 0.3) is 22.3 Å². The molecule has 7 nitrogen and oxygen atoms in total. The molecule has 1 atom stereocenters. The number of carbonyl (C=O) groups excluding carboxylic acids is 1. The maximum atomic E-state index is 14.7. The Labute approximate surface area is 193 Å². The Morgan fingerprint density at radius 3 is 2.52 bits per heavy atom. The number of amides is 1. The number of rotatable bonds is 7. The highest BCUT2D eigenvalue weighted by molar-refractivity contribution is 7.91. The SMILES string of the molecule is CCCN(CCC)C(=O)c1cc(-c2ccccc2F)nc2c1c(C)nn2C1CCS(=O)(=O)C1. The van der Waals surface area contributed by atoms with Gasteiger partial charge in [0.25, 0.3) is 5.91 Å². The summed E-state index contributed by atoms with van der Waals surface area (Å²) in [5.74, 6) is -0.508. The van der Waals surface area contributed by atoms with Crippen molar-refractivity contribution >= 4 is 26.8 Å². The van der Waals surface area contributed by atoms with Crippen LogP contribution in [0.1, 0.15) is 55.2 Å². The quantitative estimate of drug-likeness (QED) is 0.515. The molecule has 1 fully saturated rings. The van der Waals surface area contributed by atoms with Gasteiger partial charge in [-0.3, -0.25) is 4.79 Å². The van der Waals surface area contributed by atoms with Crippen molar-refractivity contribution in [2.45, 2.75) is 46.1 Å². The lowest BCUT2D eigenvalue weighted by Crippen LogP contribution is -2.32. The molecule has 3 aromatic rings. The largest absolute Gasteiger partial charge is 0.339 e. The summed E-state index contributed by atoms with van der Waals surface area (Å²) >= 11 is 0. The Balaban J connectivity index is 1.96. The first-order chi connectivity index (χ1) is 15.8. The van der Waals surface area contributed by atoms with Crippen LogP contribution in [0.3, 0.4) is 0 Å². The molecule has 176 valence electrons. The van der Waals surface area contributed by atoms with E-state index in [1.165, 1.54) is 6.07 Å². The number of halogens is 1. The fourth-order valence-electron chi connectivity index (χ4n) is 4.54. The van der Waals surface area contributed by atoms with Gasteiger partial charge in [0.05, 0.1) is 39.9 Å². The molecule has 0 saturated carbocycles. The summed E-state index contributed by atoms with van der Waals surface area (Å²) in [6.07, 6.45) is 2.07. The molecule has 1 aliphatic rings. The van der Waals surface area contributed by atoms with E-state index in [-0.39, 0.29) is 29.0 Å². The van der Waals surface area contributed by atoms with Gasteiger partial charge in [0, 0.05) is 18.7 Å². The summed E-state index contributed by atoms with van der Waals surface area (Å²) in [5, 5.41) is 5.21. The van der Waals surface area contributed by atoms with Crippen molar-refractivity contribution < 1.29 is 17.6 Å². The minimum absolute atomic E-state index is 0.0180. The second-order valence-electron chi connectivity index (χ2n) is 8.61. The summed E-state index contributed by atoms with van der Waals surface area (Å²) in [4.78, 5) is 20.2. The van der Waals surface area contributed by atoms with Gasteiger partial charge in [0.15, 0.2) is 15.5 Å². The van der Waals surface area contributed by atoms with E-state index >= 15 is 0 Å². The third-order valence-electron chi connectivity index (χ3n) is 6.05. The second kappa shape index (κ2) is 9.21. The third kappa shape index (κ3) is 4.51. The molecule has 33 heavy (non-hydrogen) atoms. The molecular formula is C24H29FN4O3S. The first-order valence-corrected chi connectivity index (χ1v) is 13.2. The topological polar surface area (TPSA) is 85.2 Å². The Kier molecular flexibility index (Phi) is 6.52. The highest BCUT2D eigenvalue weighted by Crippen LogP contribution is 2.33. The van der Waals surface area contributed by atoms with Crippen molar-refractivity contribution in [3.05, 3.63) is 47.4 Å². The predicted molar refractivity (Wildman–Crippen MR) is 126 cm³/mol.